The molecule has 1 aromatic heterocycles. The van der Waals surface area contributed by atoms with Crippen molar-refractivity contribution in [3.8, 4) is 10.4 Å². The molecule has 0 aliphatic carbocycles. The van der Waals surface area contributed by atoms with E-state index in [1.54, 1.807) is 18.2 Å². The molecule has 1 unspecified atom stereocenters. The quantitative estimate of drug-likeness (QED) is 0.921. The Kier molecular flexibility index (Phi) is 4.13. The second-order valence-electron chi connectivity index (χ2n) is 5.88. The lowest BCUT2D eigenvalue weighted by atomic mass is 10.1. The monoisotopic (exact) mass is 351 g/mol. The molecule has 2 aromatic rings. The number of alkyl halides is 1. The van der Waals surface area contributed by atoms with Crippen LogP contribution < -0.4 is 0 Å². The van der Waals surface area contributed by atoms with Gasteiger partial charge in [-0.3, -0.25) is 4.79 Å². The predicted molar refractivity (Wildman–Crippen MR) is 86.4 cm³/mol. The fourth-order valence-electron chi connectivity index (χ4n) is 2.75. The van der Waals surface area contributed by atoms with Gasteiger partial charge in [-0.1, -0.05) is 12.1 Å². The number of aryl methyl sites for hydroxylation is 1. The molecule has 1 aromatic carbocycles. The van der Waals surface area contributed by atoms with Gasteiger partial charge >= 0.3 is 5.97 Å². The first-order chi connectivity index (χ1) is 11.3. The maximum Gasteiger partial charge on any atom is 0.343 e. The van der Waals surface area contributed by atoms with Crippen LogP contribution in [0.5, 0.6) is 0 Å². The van der Waals surface area contributed by atoms with E-state index < -0.39 is 18.2 Å². The molecule has 1 fully saturated rings. The summed E-state index contributed by atoms with van der Waals surface area (Å²) in [5.41, 5.74) is -0.717. The molecule has 0 radical (unpaired) electrons. The van der Waals surface area contributed by atoms with E-state index in [4.69, 9.17) is 5.11 Å². The number of benzene rings is 1. The molecule has 24 heavy (non-hydrogen) atoms. The number of nitrogens with zero attached hydrogens (tertiary/aromatic N) is 1. The van der Waals surface area contributed by atoms with Crippen molar-refractivity contribution in [1.82, 2.24) is 4.90 Å². The number of likely N-dealkylation sites (tertiary alicyclic amines) is 1. The van der Waals surface area contributed by atoms with Gasteiger partial charge in [-0.2, -0.15) is 0 Å². The first kappa shape index (κ1) is 16.6. The van der Waals surface area contributed by atoms with Crippen LogP contribution in [0.25, 0.3) is 10.4 Å². The summed E-state index contributed by atoms with van der Waals surface area (Å²) in [5.74, 6) is -2.25. The molecule has 1 N–H and O–H groups in total. The van der Waals surface area contributed by atoms with Crippen LogP contribution in [0.15, 0.2) is 30.3 Å². The fraction of sp³-hybridized carbons (Fsp3) is 0.294. The highest BCUT2D eigenvalue weighted by atomic mass is 32.1. The number of rotatable bonds is 3. The zero-order chi connectivity index (χ0) is 17.5. The summed E-state index contributed by atoms with van der Waals surface area (Å²) in [6.07, 6.45) is -0.205. The molecule has 1 atom stereocenters. The summed E-state index contributed by atoms with van der Waals surface area (Å²) in [6, 6.07) is 7.66. The van der Waals surface area contributed by atoms with E-state index in [2.05, 4.69) is 0 Å². The topological polar surface area (TPSA) is 57.6 Å². The molecular weight excluding hydrogens is 336 g/mol. The van der Waals surface area contributed by atoms with Crippen molar-refractivity contribution in [3.63, 3.8) is 0 Å². The van der Waals surface area contributed by atoms with Crippen LogP contribution in [-0.4, -0.2) is 40.6 Å². The van der Waals surface area contributed by atoms with Crippen molar-refractivity contribution in [1.29, 1.82) is 0 Å². The van der Waals surface area contributed by atoms with Crippen molar-refractivity contribution in [2.75, 3.05) is 13.1 Å². The summed E-state index contributed by atoms with van der Waals surface area (Å²) >= 11 is 1.24. The molecule has 2 heterocycles. The molecule has 0 bridgehead atoms. The van der Waals surface area contributed by atoms with Gasteiger partial charge in [0.25, 0.3) is 5.91 Å². The second-order valence-corrected chi connectivity index (χ2v) is 6.93. The minimum atomic E-state index is -2.37. The van der Waals surface area contributed by atoms with Crippen LogP contribution in [0.2, 0.25) is 0 Å². The number of hydrogen-bond acceptors (Lipinski definition) is 3. The summed E-state index contributed by atoms with van der Waals surface area (Å²) in [5, 5.41) is 8.92. The maximum absolute atomic E-state index is 14.1. The predicted octanol–water partition coefficient (Wildman–Crippen LogP) is 3.50. The van der Waals surface area contributed by atoms with Gasteiger partial charge in [0.2, 0.25) is 5.67 Å². The molecule has 3 rings (SSSR count). The lowest BCUT2D eigenvalue weighted by Gasteiger charge is -2.16. The molecule has 1 saturated heterocycles. The third-order valence-electron chi connectivity index (χ3n) is 4.12. The van der Waals surface area contributed by atoms with Crippen LogP contribution in [-0.2, 0) is 4.79 Å². The minimum absolute atomic E-state index is 0.0739. The molecule has 1 aliphatic rings. The Morgan fingerprint density at radius 2 is 1.96 bits per heavy atom. The minimum Gasteiger partial charge on any atom is -0.479 e. The fourth-order valence-corrected chi connectivity index (χ4v) is 3.90. The van der Waals surface area contributed by atoms with Crippen molar-refractivity contribution >= 4 is 23.2 Å². The number of hydrogen-bond donors (Lipinski definition) is 1. The molecule has 4 nitrogen and oxygen atoms in total. The lowest BCUT2D eigenvalue weighted by molar-refractivity contribution is -0.149. The highest BCUT2D eigenvalue weighted by molar-refractivity contribution is 7.17. The van der Waals surface area contributed by atoms with Crippen LogP contribution in [0.3, 0.4) is 0 Å². The number of carbonyl (C=O) groups excluding carboxylic acids is 1. The number of thiophene rings is 1. The molecule has 1 aliphatic heterocycles. The number of carboxylic acids is 1. The standard InChI is InChI=1S/C17H15F2NO3S/c1-10-8-13(24-14(10)11-2-4-12(18)5-3-11)15(21)20-7-6-17(19,9-20)16(22)23/h2-5,8H,6-7,9H2,1H3,(H,22,23). The van der Waals surface area contributed by atoms with Crippen LogP contribution in [0.1, 0.15) is 21.7 Å². The van der Waals surface area contributed by atoms with E-state index in [1.165, 1.54) is 28.4 Å². The molecule has 7 heteroatoms. The largest absolute Gasteiger partial charge is 0.479 e. The SMILES string of the molecule is Cc1cc(C(=O)N2CCC(F)(C(=O)O)C2)sc1-c1ccc(F)cc1. The van der Waals surface area contributed by atoms with E-state index in [0.29, 0.717) is 4.88 Å². The Hall–Kier alpha value is -2.28. The Labute approximate surface area is 141 Å². The van der Waals surface area contributed by atoms with Gasteiger partial charge in [0, 0.05) is 17.8 Å². The zero-order valence-corrected chi connectivity index (χ0v) is 13.7. The third kappa shape index (κ3) is 2.91. The zero-order valence-electron chi connectivity index (χ0n) is 12.9. The maximum atomic E-state index is 14.1. The van der Waals surface area contributed by atoms with Crippen molar-refractivity contribution in [2.24, 2.45) is 0 Å². The lowest BCUT2D eigenvalue weighted by Crippen LogP contribution is -2.38. The van der Waals surface area contributed by atoms with Gasteiger partial charge in [-0.05, 0) is 36.2 Å². The highest BCUT2D eigenvalue weighted by Gasteiger charge is 2.47. The molecule has 1 amide bonds. The van der Waals surface area contributed by atoms with Crippen LogP contribution in [0, 0.1) is 12.7 Å². The normalized spacial score (nSPS) is 20.4. The van der Waals surface area contributed by atoms with Crippen molar-refractivity contribution in [3.05, 3.63) is 46.6 Å². The first-order valence-electron chi connectivity index (χ1n) is 7.38. The Morgan fingerprint density at radius 3 is 2.54 bits per heavy atom. The average Bonchev–Trinajstić information content (AvgIpc) is 3.12. The van der Waals surface area contributed by atoms with Gasteiger partial charge in [-0.15, -0.1) is 11.3 Å². The van der Waals surface area contributed by atoms with E-state index in [9.17, 15) is 18.4 Å². The van der Waals surface area contributed by atoms with Gasteiger partial charge in [0.1, 0.15) is 5.82 Å². The number of aliphatic carboxylic acids is 1. The van der Waals surface area contributed by atoms with Crippen molar-refractivity contribution in [2.45, 2.75) is 19.0 Å². The Morgan fingerprint density at radius 1 is 1.29 bits per heavy atom. The number of amides is 1. The average molecular weight is 351 g/mol. The first-order valence-corrected chi connectivity index (χ1v) is 8.20. The molecule has 0 saturated carbocycles. The third-order valence-corrected chi connectivity index (χ3v) is 5.40. The number of carbonyl (C=O) groups is 2. The number of halogens is 2. The van der Waals surface area contributed by atoms with Crippen LogP contribution in [0.4, 0.5) is 8.78 Å². The van der Waals surface area contributed by atoms with Gasteiger partial charge in [0.15, 0.2) is 0 Å². The van der Waals surface area contributed by atoms with E-state index >= 15 is 0 Å². The van der Waals surface area contributed by atoms with Gasteiger partial charge < -0.3 is 10.0 Å². The molecule has 0 spiro atoms. The van der Waals surface area contributed by atoms with Gasteiger partial charge in [0.05, 0.1) is 11.4 Å². The molecule has 126 valence electrons. The smallest absolute Gasteiger partial charge is 0.343 e. The Balaban J connectivity index is 1.84. The van der Waals surface area contributed by atoms with E-state index in [-0.39, 0.29) is 24.7 Å². The van der Waals surface area contributed by atoms with Gasteiger partial charge in [-0.25, -0.2) is 13.6 Å². The van der Waals surface area contributed by atoms with Crippen LogP contribution >= 0.6 is 11.3 Å². The summed E-state index contributed by atoms with van der Waals surface area (Å²) < 4.78 is 27.2. The van der Waals surface area contributed by atoms with E-state index in [1.807, 2.05) is 6.92 Å². The molecular formula is C17H15F2NO3S. The summed E-state index contributed by atoms with van der Waals surface area (Å²) in [7, 11) is 0. The van der Waals surface area contributed by atoms with Crippen molar-refractivity contribution < 1.29 is 23.5 Å². The number of carboxylic acid groups (broad SMARTS) is 1. The summed E-state index contributed by atoms with van der Waals surface area (Å²) in [6.45, 7) is 1.47. The van der Waals surface area contributed by atoms with E-state index in [0.717, 1.165) is 16.0 Å². The Bertz CT molecular complexity index is 803. The summed E-state index contributed by atoms with van der Waals surface area (Å²) in [4.78, 5) is 26.0. The highest BCUT2D eigenvalue weighted by Crippen LogP contribution is 2.34. The second kappa shape index (κ2) is 5.98.